The number of urea groups is 1. The number of hydrogen-bond acceptors (Lipinski definition) is 2. The minimum Gasteiger partial charge on any atom is -0.396 e. The van der Waals surface area contributed by atoms with Crippen LogP contribution in [0.4, 0.5) is 4.79 Å². The molecule has 0 heterocycles. The van der Waals surface area contributed by atoms with Crippen molar-refractivity contribution in [2.24, 2.45) is 5.92 Å². The topological polar surface area (TPSA) is 61.4 Å². The molecule has 0 aliphatic heterocycles. The Hall–Kier alpha value is -0.770. The fraction of sp³-hybridized carbons (Fsp3) is 0.909. The molecular weight excluding hydrogens is 192 g/mol. The van der Waals surface area contributed by atoms with E-state index in [1.54, 1.807) is 0 Å². The van der Waals surface area contributed by atoms with Crippen molar-refractivity contribution in [1.29, 1.82) is 0 Å². The van der Waals surface area contributed by atoms with Crippen molar-refractivity contribution in [2.45, 2.75) is 50.6 Å². The molecule has 2 atom stereocenters. The van der Waals surface area contributed by atoms with Crippen molar-refractivity contribution < 1.29 is 9.90 Å². The van der Waals surface area contributed by atoms with Gasteiger partial charge in [-0.05, 0) is 32.1 Å². The molecule has 0 aromatic heterocycles. The molecule has 2 amide bonds. The summed E-state index contributed by atoms with van der Waals surface area (Å²) >= 11 is 0. The fourth-order valence-electron chi connectivity index (χ4n) is 2.39. The van der Waals surface area contributed by atoms with Crippen molar-refractivity contribution in [2.75, 3.05) is 6.61 Å². The highest BCUT2D eigenvalue weighted by Gasteiger charge is 2.28. The van der Waals surface area contributed by atoms with Crippen LogP contribution >= 0.6 is 0 Å². The zero-order chi connectivity index (χ0) is 10.7. The first-order chi connectivity index (χ1) is 7.29. The van der Waals surface area contributed by atoms with Gasteiger partial charge in [0.2, 0.25) is 0 Å². The summed E-state index contributed by atoms with van der Waals surface area (Å²) in [4.78, 5) is 11.6. The summed E-state index contributed by atoms with van der Waals surface area (Å²) in [5.41, 5.74) is 0. The normalized spacial score (nSPS) is 31.0. The van der Waals surface area contributed by atoms with E-state index in [2.05, 4.69) is 10.6 Å². The van der Waals surface area contributed by atoms with Crippen molar-refractivity contribution in [3.05, 3.63) is 0 Å². The summed E-state index contributed by atoms with van der Waals surface area (Å²) < 4.78 is 0. The average Bonchev–Trinajstić information content (AvgIpc) is 2.59. The molecule has 0 radical (unpaired) electrons. The van der Waals surface area contributed by atoms with E-state index in [1.165, 1.54) is 6.42 Å². The van der Waals surface area contributed by atoms with E-state index in [-0.39, 0.29) is 24.6 Å². The van der Waals surface area contributed by atoms with Gasteiger partial charge in [0.1, 0.15) is 0 Å². The Morgan fingerprint density at radius 2 is 1.87 bits per heavy atom. The Kier molecular flexibility index (Phi) is 3.46. The number of rotatable bonds is 3. The third-order valence-corrected chi connectivity index (χ3v) is 3.65. The van der Waals surface area contributed by atoms with Crippen LogP contribution in [0.3, 0.4) is 0 Å². The average molecular weight is 212 g/mol. The summed E-state index contributed by atoms with van der Waals surface area (Å²) in [6.45, 7) is 0.189. The number of nitrogens with one attached hydrogen (secondary N) is 2. The second kappa shape index (κ2) is 4.84. The lowest BCUT2D eigenvalue weighted by atomic mass is 9.93. The van der Waals surface area contributed by atoms with Crippen LogP contribution in [0.2, 0.25) is 0 Å². The molecule has 15 heavy (non-hydrogen) atoms. The SMILES string of the molecule is O=C(NC1CCC1)NC1CCCC1CO. The molecule has 2 fully saturated rings. The smallest absolute Gasteiger partial charge is 0.315 e. The molecule has 2 unspecified atom stereocenters. The molecule has 2 rings (SSSR count). The van der Waals surface area contributed by atoms with E-state index in [1.807, 2.05) is 0 Å². The molecular formula is C11H20N2O2. The predicted octanol–water partition coefficient (Wildman–Crippen LogP) is 0.999. The van der Waals surface area contributed by atoms with Gasteiger partial charge in [-0.3, -0.25) is 0 Å². The molecule has 0 aromatic carbocycles. The third-order valence-electron chi connectivity index (χ3n) is 3.65. The molecule has 0 saturated heterocycles. The van der Waals surface area contributed by atoms with E-state index in [4.69, 9.17) is 5.11 Å². The molecule has 3 N–H and O–H groups in total. The van der Waals surface area contributed by atoms with Gasteiger partial charge in [-0.1, -0.05) is 6.42 Å². The highest BCUT2D eigenvalue weighted by Crippen LogP contribution is 2.25. The number of carbonyl (C=O) groups excluding carboxylic acids is 1. The summed E-state index contributed by atoms with van der Waals surface area (Å²) in [7, 11) is 0. The fourth-order valence-corrected chi connectivity index (χ4v) is 2.39. The Balaban J connectivity index is 1.72. The van der Waals surface area contributed by atoms with Gasteiger partial charge in [0.05, 0.1) is 0 Å². The van der Waals surface area contributed by atoms with Gasteiger partial charge < -0.3 is 15.7 Å². The molecule has 0 spiro atoms. The number of aliphatic hydroxyl groups excluding tert-OH is 1. The van der Waals surface area contributed by atoms with Crippen LogP contribution in [-0.4, -0.2) is 29.8 Å². The van der Waals surface area contributed by atoms with Crippen LogP contribution in [0.25, 0.3) is 0 Å². The molecule has 4 nitrogen and oxygen atoms in total. The standard InChI is InChI=1S/C11H20N2O2/c14-7-8-3-1-6-10(8)13-11(15)12-9-4-2-5-9/h8-10,14H,1-7H2,(H2,12,13,15). The maximum Gasteiger partial charge on any atom is 0.315 e. The van der Waals surface area contributed by atoms with Crippen LogP contribution in [0.1, 0.15) is 38.5 Å². The zero-order valence-corrected chi connectivity index (χ0v) is 9.04. The largest absolute Gasteiger partial charge is 0.396 e. The summed E-state index contributed by atoms with van der Waals surface area (Å²) in [5, 5.41) is 15.0. The Morgan fingerprint density at radius 1 is 1.13 bits per heavy atom. The van der Waals surface area contributed by atoms with Crippen LogP contribution in [-0.2, 0) is 0 Å². The Labute approximate surface area is 90.4 Å². The Bertz CT molecular complexity index is 229. The second-order valence-corrected chi connectivity index (χ2v) is 4.73. The van der Waals surface area contributed by atoms with Crippen LogP contribution in [0.5, 0.6) is 0 Å². The van der Waals surface area contributed by atoms with Crippen LogP contribution in [0.15, 0.2) is 0 Å². The van der Waals surface area contributed by atoms with E-state index in [0.717, 1.165) is 32.1 Å². The summed E-state index contributed by atoms with van der Waals surface area (Å²) in [6, 6.07) is 0.513. The monoisotopic (exact) mass is 212 g/mol. The van der Waals surface area contributed by atoms with Crippen molar-refractivity contribution in [1.82, 2.24) is 10.6 Å². The minimum absolute atomic E-state index is 0.0509. The van der Waals surface area contributed by atoms with Gasteiger partial charge in [0.25, 0.3) is 0 Å². The molecule has 2 aliphatic rings. The molecule has 0 bridgehead atoms. The first-order valence-electron chi connectivity index (χ1n) is 5.97. The first-order valence-corrected chi connectivity index (χ1v) is 5.97. The zero-order valence-electron chi connectivity index (χ0n) is 9.04. The second-order valence-electron chi connectivity index (χ2n) is 4.73. The van der Waals surface area contributed by atoms with Gasteiger partial charge in [-0.2, -0.15) is 0 Å². The molecule has 2 saturated carbocycles. The maximum absolute atomic E-state index is 11.6. The maximum atomic E-state index is 11.6. The van der Waals surface area contributed by atoms with E-state index < -0.39 is 0 Å². The summed E-state index contributed by atoms with van der Waals surface area (Å²) in [5.74, 6) is 0.261. The molecule has 4 heteroatoms. The lowest BCUT2D eigenvalue weighted by Crippen LogP contribution is -2.49. The van der Waals surface area contributed by atoms with Crippen LogP contribution < -0.4 is 10.6 Å². The van der Waals surface area contributed by atoms with Gasteiger partial charge >= 0.3 is 6.03 Å². The van der Waals surface area contributed by atoms with Gasteiger partial charge in [0.15, 0.2) is 0 Å². The number of aliphatic hydroxyl groups is 1. The number of carbonyl (C=O) groups is 1. The molecule has 2 aliphatic carbocycles. The van der Waals surface area contributed by atoms with Crippen molar-refractivity contribution >= 4 is 6.03 Å². The highest BCUT2D eigenvalue weighted by atomic mass is 16.3. The molecule has 86 valence electrons. The highest BCUT2D eigenvalue weighted by molar-refractivity contribution is 5.74. The third kappa shape index (κ3) is 2.62. The van der Waals surface area contributed by atoms with E-state index >= 15 is 0 Å². The van der Waals surface area contributed by atoms with Crippen molar-refractivity contribution in [3.8, 4) is 0 Å². The minimum atomic E-state index is -0.0509. The van der Waals surface area contributed by atoms with Gasteiger partial charge in [-0.15, -0.1) is 0 Å². The van der Waals surface area contributed by atoms with Gasteiger partial charge in [0, 0.05) is 24.6 Å². The van der Waals surface area contributed by atoms with E-state index in [0.29, 0.717) is 6.04 Å². The summed E-state index contributed by atoms with van der Waals surface area (Å²) in [6.07, 6.45) is 6.60. The predicted molar refractivity (Wildman–Crippen MR) is 57.5 cm³/mol. The Morgan fingerprint density at radius 3 is 2.47 bits per heavy atom. The lowest BCUT2D eigenvalue weighted by molar-refractivity contribution is 0.195. The lowest BCUT2D eigenvalue weighted by Gasteiger charge is -2.28. The van der Waals surface area contributed by atoms with E-state index in [9.17, 15) is 4.79 Å². The first kappa shape index (κ1) is 10.7. The quantitative estimate of drug-likeness (QED) is 0.653. The molecule has 0 aromatic rings. The number of hydrogen-bond donors (Lipinski definition) is 3. The van der Waals surface area contributed by atoms with Gasteiger partial charge in [-0.25, -0.2) is 4.79 Å². The van der Waals surface area contributed by atoms with Crippen molar-refractivity contribution in [3.63, 3.8) is 0 Å². The van der Waals surface area contributed by atoms with Crippen LogP contribution in [0, 0.1) is 5.92 Å². The number of amides is 2.